The fraction of sp³-hybridized carbons (Fsp3) is 0.250. The highest BCUT2D eigenvalue weighted by Gasteiger charge is 2.24. The van der Waals surface area contributed by atoms with E-state index in [1.165, 1.54) is 10.6 Å². The van der Waals surface area contributed by atoms with Gasteiger partial charge in [-0.2, -0.15) is 9.40 Å². The van der Waals surface area contributed by atoms with Crippen LogP contribution in [0.3, 0.4) is 0 Å². The number of aromatic nitrogens is 2. The first kappa shape index (κ1) is 20.0. The molecule has 1 aliphatic heterocycles. The van der Waals surface area contributed by atoms with Crippen molar-refractivity contribution in [2.24, 2.45) is 0 Å². The van der Waals surface area contributed by atoms with Gasteiger partial charge in [-0.15, -0.1) is 0 Å². The highest BCUT2D eigenvalue weighted by molar-refractivity contribution is 7.88. The third-order valence-corrected chi connectivity index (χ3v) is 6.51. The highest BCUT2D eigenvalue weighted by Crippen LogP contribution is 2.28. The van der Waals surface area contributed by atoms with Crippen molar-refractivity contribution in [3.05, 3.63) is 63.8 Å². The molecule has 1 N–H and O–H groups in total. The Labute approximate surface area is 173 Å². The predicted molar refractivity (Wildman–Crippen MR) is 117 cm³/mol. The summed E-state index contributed by atoms with van der Waals surface area (Å²) in [5.41, 5.74) is 2.79. The molecular formula is C20H21N5O4S. The molecule has 0 amide bonds. The average Bonchev–Trinajstić information content (AvgIpc) is 3.15. The standard InChI is InChI=1S/C20H21N5O4S/c1-30(28,29)24-12-10-23(11-13-24)16-8-6-15(20(14-16)25(26)27)7-9-19-17-4-2-3-5-18(17)21-22-19/h2-9,14H,10-13H2,1H3,(H,21,22)/b9-7+. The smallest absolute Gasteiger partial charge is 0.278 e. The third-order valence-electron chi connectivity index (χ3n) is 5.20. The maximum atomic E-state index is 11.7. The summed E-state index contributed by atoms with van der Waals surface area (Å²) in [5.74, 6) is 0. The average molecular weight is 427 g/mol. The molecule has 30 heavy (non-hydrogen) atoms. The lowest BCUT2D eigenvalue weighted by molar-refractivity contribution is -0.385. The van der Waals surface area contributed by atoms with Gasteiger partial charge in [0, 0.05) is 43.3 Å². The number of sulfonamides is 1. The van der Waals surface area contributed by atoms with Gasteiger partial charge >= 0.3 is 0 Å². The Hall–Kier alpha value is -3.24. The van der Waals surface area contributed by atoms with Crippen LogP contribution in [-0.4, -0.2) is 60.3 Å². The molecule has 4 rings (SSSR count). The fourth-order valence-corrected chi connectivity index (χ4v) is 4.41. The van der Waals surface area contributed by atoms with Crippen molar-refractivity contribution in [1.82, 2.24) is 14.5 Å². The van der Waals surface area contributed by atoms with Crippen LogP contribution in [0.2, 0.25) is 0 Å². The Balaban J connectivity index is 1.58. The zero-order chi connectivity index (χ0) is 21.3. The summed E-state index contributed by atoms with van der Waals surface area (Å²) in [5, 5.41) is 19.8. The fourth-order valence-electron chi connectivity index (χ4n) is 3.59. The lowest BCUT2D eigenvalue weighted by Crippen LogP contribution is -2.48. The molecule has 0 atom stereocenters. The molecule has 156 valence electrons. The van der Waals surface area contributed by atoms with E-state index in [4.69, 9.17) is 0 Å². The lowest BCUT2D eigenvalue weighted by atomic mass is 10.1. The van der Waals surface area contributed by atoms with Gasteiger partial charge in [-0.25, -0.2) is 8.42 Å². The van der Waals surface area contributed by atoms with Crippen molar-refractivity contribution in [3.63, 3.8) is 0 Å². The van der Waals surface area contributed by atoms with E-state index in [2.05, 4.69) is 10.2 Å². The molecule has 2 aromatic carbocycles. The van der Waals surface area contributed by atoms with Crippen LogP contribution >= 0.6 is 0 Å². The zero-order valence-electron chi connectivity index (χ0n) is 16.4. The van der Waals surface area contributed by atoms with Crippen LogP contribution in [0, 0.1) is 10.1 Å². The number of H-pyrrole nitrogens is 1. The molecule has 0 saturated carbocycles. The molecule has 0 bridgehead atoms. The van der Waals surface area contributed by atoms with Gasteiger partial charge in [0.2, 0.25) is 10.0 Å². The van der Waals surface area contributed by atoms with Crippen molar-refractivity contribution < 1.29 is 13.3 Å². The van der Waals surface area contributed by atoms with Crippen molar-refractivity contribution in [1.29, 1.82) is 0 Å². The quantitative estimate of drug-likeness (QED) is 0.495. The van der Waals surface area contributed by atoms with Gasteiger partial charge in [0.25, 0.3) is 5.69 Å². The van der Waals surface area contributed by atoms with E-state index in [1.54, 1.807) is 24.3 Å². The second-order valence-corrected chi connectivity index (χ2v) is 9.12. The number of rotatable bonds is 5. The van der Waals surface area contributed by atoms with E-state index >= 15 is 0 Å². The molecule has 0 radical (unpaired) electrons. The van der Waals surface area contributed by atoms with Crippen LogP contribution in [0.1, 0.15) is 11.3 Å². The second kappa shape index (κ2) is 7.88. The minimum absolute atomic E-state index is 0.00543. The van der Waals surface area contributed by atoms with Crippen molar-refractivity contribution in [2.45, 2.75) is 0 Å². The molecule has 1 saturated heterocycles. The monoisotopic (exact) mass is 427 g/mol. The van der Waals surface area contributed by atoms with E-state index in [-0.39, 0.29) is 5.69 Å². The number of piperazine rings is 1. The summed E-state index contributed by atoms with van der Waals surface area (Å²) in [4.78, 5) is 13.2. The highest BCUT2D eigenvalue weighted by atomic mass is 32.2. The number of nitro benzene ring substituents is 1. The van der Waals surface area contributed by atoms with Gasteiger partial charge in [-0.3, -0.25) is 15.2 Å². The first-order valence-corrected chi connectivity index (χ1v) is 11.3. The van der Waals surface area contributed by atoms with Crippen LogP contribution in [0.4, 0.5) is 11.4 Å². The second-order valence-electron chi connectivity index (χ2n) is 7.14. The zero-order valence-corrected chi connectivity index (χ0v) is 17.2. The molecule has 9 nitrogen and oxygen atoms in total. The molecule has 10 heteroatoms. The SMILES string of the molecule is CS(=O)(=O)N1CCN(c2ccc(/C=C/c3n[nH]c4ccccc34)c([N+](=O)[O-])c2)CC1. The van der Waals surface area contributed by atoms with Crippen LogP contribution < -0.4 is 4.90 Å². The molecule has 0 spiro atoms. The normalized spacial score (nSPS) is 15.8. The summed E-state index contributed by atoms with van der Waals surface area (Å²) in [6.07, 6.45) is 4.63. The minimum atomic E-state index is -3.22. The van der Waals surface area contributed by atoms with Gasteiger partial charge in [-0.1, -0.05) is 18.2 Å². The number of para-hydroxylation sites is 1. The van der Waals surface area contributed by atoms with Gasteiger partial charge in [0.1, 0.15) is 0 Å². The summed E-state index contributed by atoms with van der Waals surface area (Å²) in [6.45, 7) is 1.69. The molecule has 2 heterocycles. The molecular weight excluding hydrogens is 406 g/mol. The molecule has 3 aromatic rings. The van der Waals surface area contributed by atoms with E-state index < -0.39 is 14.9 Å². The van der Waals surface area contributed by atoms with E-state index in [1.807, 2.05) is 35.2 Å². The number of nitrogens with zero attached hydrogens (tertiary/aromatic N) is 4. The van der Waals surface area contributed by atoms with Gasteiger partial charge in [-0.05, 0) is 30.4 Å². The Kier molecular flexibility index (Phi) is 5.27. The Morgan fingerprint density at radius 3 is 2.53 bits per heavy atom. The number of anilines is 1. The summed E-state index contributed by atoms with van der Waals surface area (Å²) in [7, 11) is -3.22. The number of hydrogen-bond donors (Lipinski definition) is 1. The Morgan fingerprint density at radius 2 is 1.83 bits per heavy atom. The third kappa shape index (κ3) is 4.05. The van der Waals surface area contributed by atoms with Gasteiger partial charge < -0.3 is 4.90 Å². The van der Waals surface area contributed by atoms with E-state index in [0.29, 0.717) is 43.1 Å². The van der Waals surface area contributed by atoms with E-state index in [0.717, 1.165) is 10.9 Å². The molecule has 1 aromatic heterocycles. The number of hydrogen-bond acceptors (Lipinski definition) is 6. The maximum absolute atomic E-state index is 11.7. The van der Waals surface area contributed by atoms with Crippen molar-refractivity contribution in [3.8, 4) is 0 Å². The Bertz CT molecular complexity index is 1230. The predicted octanol–water partition coefficient (Wildman–Crippen LogP) is 2.72. The minimum Gasteiger partial charge on any atom is -0.369 e. The molecule has 0 unspecified atom stereocenters. The van der Waals surface area contributed by atoms with Crippen molar-refractivity contribution >= 4 is 44.5 Å². The van der Waals surface area contributed by atoms with E-state index in [9.17, 15) is 18.5 Å². The largest absolute Gasteiger partial charge is 0.369 e. The van der Waals surface area contributed by atoms with Crippen molar-refractivity contribution in [2.75, 3.05) is 37.3 Å². The molecule has 1 aliphatic rings. The number of aromatic amines is 1. The Morgan fingerprint density at radius 1 is 1.10 bits per heavy atom. The lowest BCUT2D eigenvalue weighted by Gasteiger charge is -2.34. The molecule has 1 fully saturated rings. The number of fused-ring (bicyclic) bond motifs is 1. The van der Waals surface area contributed by atoms with Crippen LogP contribution in [0.25, 0.3) is 23.1 Å². The maximum Gasteiger partial charge on any atom is 0.278 e. The topological polar surface area (TPSA) is 112 Å². The summed E-state index contributed by atoms with van der Waals surface area (Å²) < 4.78 is 24.8. The summed E-state index contributed by atoms with van der Waals surface area (Å²) in [6, 6.07) is 12.8. The number of benzene rings is 2. The first-order valence-electron chi connectivity index (χ1n) is 9.42. The summed E-state index contributed by atoms with van der Waals surface area (Å²) >= 11 is 0. The van der Waals surface area contributed by atoms with Gasteiger partial charge in [0.15, 0.2) is 0 Å². The van der Waals surface area contributed by atoms with Gasteiger partial charge in [0.05, 0.1) is 28.0 Å². The number of nitrogens with one attached hydrogen (secondary N) is 1. The van der Waals surface area contributed by atoms with Crippen LogP contribution in [-0.2, 0) is 10.0 Å². The van der Waals surface area contributed by atoms with Crippen LogP contribution in [0.15, 0.2) is 42.5 Å². The number of nitro groups is 1. The molecule has 0 aliphatic carbocycles. The first-order chi connectivity index (χ1) is 14.3. The van der Waals surface area contributed by atoms with Crippen LogP contribution in [0.5, 0.6) is 0 Å².